The minimum atomic E-state index is -0.514. The van der Waals surface area contributed by atoms with Gasteiger partial charge in [0.1, 0.15) is 5.69 Å². The summed E-state index contributed by atoms with van der Waals surface area (Å²) >= 11 is 1.62. The molecular formula is C17H22N4O3S. The van der Waals surface area contributed by atoms with Gasteiger partial charge in [0.25, 0.3) is 5.69 Å². The summed E-state index contributed by atoms with van der Waals surface area (Å²) in [4.78, 5) is 25.0. The van der Waals surface area contributed by atoms with Crippen molar-refractivity contribution >= 4 is 28.7 Å². The summed E-state index contributed by atoms with van der Waals surface area (Å²) in [6.45, 7) is 6.31. The highest BCUT2D eigenvalue weighted by molar-refractivity contribution is 7.07. The highest BCUT2D eigenvalue weighted by Crippen LogP contribution is 2.24. The van der Waals surface area contributed by atoms with Crippen LogP contribution in [0.25, 0.3) is 0 Å². The third kappa shape index (κ3) is 5.01. The molecule has 1 aromatic carbocycles. The second-order valence-corrected chi connectivity index (χ2v) is 6.18. The Morgan fingerprint density at radius 3 is 2.60 bits per heavy atom. The third-order valence-corrected chi connectivity index (χ3v) is 4.69. The number of amides is 2. The fourth-order valence-electron chi connectivity index (χ4n) is 2.68. The maximum Gasteiger partial charge on any atom is 0.319 e. The van der Waals surface area contributed by atoms with Crippen LogP contribution < -0.4 is 10.6 Å². The molecule has 0 saturated heterocycles. The zero-order valence-electron chi connectivity index (χ0n) is 14.3. The number of nitrogens with one attached hydrogen (secondary N) is 2. The van der Waals surface area contributed by atoms with Gasteiger partial charge in [0.2, 0.25) is 0 Å². The Bertz CT molecular complexity index is 702. The number of carbonyl (C=O) groups excluding carboxylic acids is 1. The third-order valence-electron chi connectivity index (χ3n) is 3.99. The molecule has 2 N–H and O–H groups in total. The van der Waals surface area contributed by atoms with Crippen LogP contribution in [-0.4, -0.2) is 35.5 Å². The molecule has 0 aliphatic carbocycles. The summed E-state index contributed by atoms with van der Waals surface area (Å²) in [5.74, 6) is 0. The van der Waals surface area contributed by atoms with Gasteiger partial charge in [-0.15, -0.1) is 0 Å². The predicted molar refractivity (Wildman–Crippen MR) is 100 cm³/mol. The predicted octanol–water partition coefficient (Wildman–Crippen LogP) is 3.86. The average molecular weight is 362 g/mol. The normalized spacial score (nSPS) is 12.0. The molecule has 0 fully saturated rings. The molecule has 0 saturated carbocycles. The van der Waals surface area contributed by atoms with Gasteiger partial charge < -0.3 is 10.6 Å². The van der Waals surface area contributed by atoms with Gasteiger partial charge >= 0.3 is 6.03 Å². The molecule has 2 rings (SSSR count). The number of rotatable bonds is 8. The van der Waals surface area contributed by atoms with Crippen molar-refractivity contribution in [1.29, 1.82) is 0 Å². The van der Waals surface area contributed by atoms with Gasteiger partial charge in [-0.1, -0.05) is 26.0 Å². The smallest absolute Gasteiger partial charge is 0.319 e. The van der Waals surface area contributed by atoms with Gasteiger partial charge in [0.15, 0.2) is 0 Å². The summed E-state index contributed by atoms with van der Waals surface area (Å²) in [6, 6.07) is 7.74. The molecule has 1 heterocycles. The van der Waals surface area contributed by atoms with Crippen LogP contribution in [-0.2, 0) is 0 Å². The number of nitro benzene ring substituents is 1. The van der Waals surface area contributed by atoms with E-state index in [2.05, 4.69) is 40.8 Å². The Morgan fingerprint density at radius 1 is 1.28 bits per heavy atom. The number of nitrogens with zero attached hydrogens (tertiary/aromatic N) is 2. The Morgan fingerprint density at radius 2 is 2.00 bits per heavy atom. The monoisotopic (exact) mass is 362 g/mol. The van der Waals surface area contributed by atoms with E-state index in [0.717, 1.165) is 18.7 Å². The standard InChI is InChI=1S/C17H22N4O3S/c1-3-20(4-2)16(13-9-10-25-12-13)11-18-17(22)19-14-7-5-6-8-15(14)21(23)24/h5-10,12,16H,3-4,11H2,1-2H3,(H2,18,19,22)/t16-/m1/s1. The van der Waals surface area contributed by atoms with Crippen LogP contribution in [0.5, 0.6) is 0 Å². The van der Waals surface area contributed by atoms with Gasteiger partial charge in [0, 0.05) is 12.6 Å². The summed E-state index contributed by atoms with van der Waals surface area (Å²) < 4.78 is 0. The molecule has 0 radical (unpaired) electrons. The van der Waals surface area contributed by atoms with Gasteiger partial charge in [-0.05, 0) is 41.5 Å². The van der Waals surface area contributed by atoms with Crippen molar-refractivity contribution in [3.63, 3.8) is 0 Å². The van der Waals surface area contributed by atoms with Crippen molar-refractivity contribution in [3.8, 4) is 0 Å². The van der Waals surface area contributed by atoms with E-state index < -0.39 is 11.0 Å². The topological polar surface area (TPSA) is 87.5 Å². The largest absolute Gasteiger partial charge is 0.336 e. The first-order valence-electron chi connectivity index (χ1n) is 8.11. The molecule has 0 unspecified atom stereocenters. The molecule has 0 spiro atoms. The van der Waals surface area contributed by atoms with Crippen LogP contribution in [0.4, 0.5) is 16.2 Å². The van der Waals surface area contributed by atoms with E-state index in [9.17, 15) is 14.9 Å². The summed E-state index contributed by atoms with van der Waals surface area (Å²) in [5.41, 5.74) is 1.20. The molecule has 25 heavy (non-hydrogen) atoms. The lowest BCUT2D eigenvalue weighted by Crippen LogP contribution is -2.39. The Hall–Kier alpha value is -2.45. The van der Waals surface area contributed by atoms with Gasteiger partial charge in [-0.25, -0.2) is 4.79 Å². The number of hydrogen-bond acceptors (Lipinski definition) is 5. The molecule has 0 aliphatic rings. The second-order valence-electron chi connectivity index (χ2n) is 5.40. The summed E-state index contributed by atoms with van der Waals surface area (Å²) in [6.07, 6.45) is 0. The minimum Gasteiger partial charge on any atom is -0.336 e. The lowest BCUT2D eigenvalue weighted by atomic mass is 10.1. The molecule has 1 atom stereocenters. The number of benzene rings is 1. The highest BCUT2D eigenvalue weighted by atomic mass is 32.1. The number of likely N-dealkylation sites (N-methyl/N-ethyl adjacent to an activating group) is 1. The highest BCUT2D eigenvalue weighted by Gasteiger charge is 2.20. The zero-order valence-corrected chi connectivity index (χ0v) is 15.1. The Balaban J connectivity index is 2.03. The zero-order chi connectivity index (χ0) is 18.2. The molecular weight excluding hydrogens is 340 g/mol. The molecule has 7 nitrogen and oxygen atoms in total. The molecule has 2 aromatic rings. The number of nitro groups is 1. The van der Waals surface area contributed by atoms with Gasteiger partial charge in [0.05, 0.1) is 11.0 Å². The van der Waals surface area contributed by atoms with Crippen LogP contribution in [0.3, 0.4) is 0 Å². The van der Waals surface area contributed by atoms with Gasteiger partial charge in [-0.2, -0.15) is 11.3 Å². The van der Waals surface area contributed by atoms with E-state index in [1.54, 1.807) is 23.5 Å². The summed E-state index contributed by atoms with van der Waals surface area (Å²) in [5, 5.41) is 20.5. The molecule has 1 aromatic heterocycles. The number of carbonyl (C=O) groups is 1. The minimum absolute atomic E-state index is 0.0674. The first kappa shape index (κ1) is 18.9. The number of thiophene rings is 1. The maximum atomic E-state index is 12.2. The second kappa shape index (κ2) is 9.14. The molecule has 134 valence electrons. The summed E-state index contributed by atoms with van der Waals surface area (Å²) in [7, 11) is 0. The van der Waals surface area contributed by atoms with Crippen molar-refractivity contribution in [3.05, 3.63) is 56.8 Å². The number of anilines is 1. The molecule has 0 bridgehead atoms. The van der Waals surface area contributed by atoms with E-state index in [0.29, 0.717) is 6.54 Å². The Kier molecular flexibility index (Phi) is 6.91. The van der Waals surface area contributed by atoms with E-state index >= 15 is 0 Å². The Labute approximate surface area is 150 Å². The van der Waals surface area contributed by atoms with Crippen LogP contribution >= 0.6 is 11.3 Å². The van der Waals surface area contributed by atoms with Crippen molar-refractivity contribution in [2.75, 3.05) is 25.0 Å². The van der Waals surface area contributed by atoms with Crippen molar-refractivity contribution in [2.24, 2.45) is 0 Å². The van der Waals surface area contributed by atoms with E-state index in [1.807, 2.05) is 5.38 Å². The van der Waals surface area contributed by atoms with E-state index in [-0.39, 0.29) is 17.4 Å². The first-order chi connectivity index (χ1) is 12.1. The maximum absolute atomic E-state index is 12.2. The fraction of sp³-hybridized carbons (Fsp3) is 0.353. The van der Waals surface area contributed by atoms with Gasteiger partial charge in [-0.3, -0.25) is 15.0 Å². The molecule has 8 heteroatoms. The van der Waals surface area contributed by atoms with Crippen molar-refractivity contribution in [2.45, 2.75) is 19.9 Å². The lowest BCUT2D eigenvalue weighted by molar-refractivity contribution is -0.383. The molecule has 0 aliphatic heterocycles. The lowest BCUT2D eigenvalue weighted by Gasteiger charge is -2.29. The van der Waals surface area contributed by atoms with E-state index in [1.165, 1.54) is 12.1 Å². The van der Waals surface area contributed by atoms with Crippen LogP contribution in [0.2, 0.25) is 0 Å². The van der Waals surface area contributed by atoms with Crippen molar-refractivity contribution in [1.82, 2.24) is 10.2 Å². The molecule has 2 amide bonds. The number of urea groups is 1. The van der Waals surface area contributed by atoms with E-state index in [4.69, 9.17) is 0 Å². The SMILES string of the molecule is CCN(CC)[C@H](CNC(=O)Nc1ccccc1[N+](=O)[O-])c1ccsc1. The average Bonchev–Trinajstić information content (AvgIpc) is 3.13. The number of para-hydroxylation sites is 2. The quantitative estimate of drug-likeness (QED) is 0.551. The van der Waals surface area contributed by atoms with Crippen LogP contribution in [0.1, 0.15) is 25.5 Å². The van der Waals surface area contributed by atoms with Crippen molar-refractivity contribution < 1.29 is 9.72 Å². The van der Waals surface area contributed by atoms with Crippen LogP contribution in [0.15, 0.2) is 41.1 Å². The van der Waals surface area contributed by atoms with Crippen LogP contribution in [0, 0.1) is 10.1 Å². The number of hydrogen-bond donors (Lipinski definition) is 2. The first-order valence-corrected chi connectivity index (χ1v) is 9.05. The fourth-order valence-corrected chi connectivity index (χ4v) is 3.39.